The third kappa shape index (κ3) is 3.02. The predicted octanol–water partition coefficient (Wildman–Crippen LogP) is 3.21. The maximum atomic E-state index is 13.7. The first-order valence-corrected chi connectivity index (χ1v) is 7.86. The van der Waals surface area contributed by atoms with Gasteiger partial charge in [-0.1, -0.05) is 17.7 Å². The molecule has 0 radical (unpaired) electrons. The van der Waals surface area contributed by atoms with E-state index >= 15 is 0 Å². The van der Waals surface area contributed by atoms with E-state index in [2.05, 4.69) is 5.32 Å². The second-order valence-corrected chi connectivity index (χ2v) is 6.66. The first-order chi connectivity index (χ1) is 9.29. The Hall–Kier alpha value is -1.79. The van der Waals surface area contributed by atoms with Crippen LogP contribution in [0.3, 0.4) is 0 Å². The lowest BCUT2D eigenvalue weighted by atomic mass is 10.2. The van der Waals surface area contributed by atoms with Crippen molar-refractivity contribution in [2.24, 2.45) is 0 Å². The second-order valence-electron chi connectivity index (χ2n) is 4.24. The zero-order valence-electron chi connectivity index (χ0n) is 10.5. The van der Waals surface area contributed by atoms with Crippen LogP contribution >= 0.6 is 11.6 Å². The number of anilines is 3. The maximum Gasteiger partial charge on any atom is 0.177 e. The Bertz CT molecular complexity index is 763. The van der Waals surface area contributed by atoms with Gasteiger partial charge in [-0.25, -0.2) is 12.8 Å². The standard InChI is InChI=1S/C13H12ClFN2O2S/c1-20(18,19)12-4-2-3-11(13(12)16)17-10-6-5-8(14)7-9(10)15/h2-7,17H,16H2,1H3. The zero-order chi connectivity index (χ0) is 14.9. The SMILES string of the molecule is CS(=O)(=O)c1cccc(Nc2ccc(Cl)cc2F)c1N. The number of nitrogens with two attached hydrogens (primary N) is 1. The van der Waals surface area contributed by atoms with Crippen LogP contribution in [0.1, 0.15) is 0 Å². The largest absolute Gasteiger partial charge is 0.396 e. The summed E-state index contributed by atoms with van der Waals surface area (Å²) in [5.41, 5.74) is 6.33. The molecule has 2 rings (SSSR count). The van der Waals surface area contributed by atoms with Crippen molar-refractivity contribution in [1.82, 2.24) is 0 Å². The molecule has 0 aliphatic heterocycles. The molecule has 0 saturated heterocycles. The van der Waals surface area contributed by atoms with E-state index < -0.39 is 15.7 Å². The number of para-hydroxylation sites is 1. The molecule has 0 unspecified atom stereocenters. The molecule has 0 aliphatic carbocycles. The number of hydrogen-bond donors (Lipinski definition) is 2. The molecule has 0 heterocycles. The highest BCUT2D eigenvalue weighted by molar-refractivity contribution is 7.90. The molecular weight excluding hydrogens is 303 g/mol. The fourth-order valence-corrected chi connectivity index (χ4v) is 2.71. The summed E-state index contributed by atoms with van der Waals surface area (Å²) in [4.78, 5) is -0.00290. The van der Waals surface area contributed by atoms with Crippen LogP contribution in [-0.2, 0) is 9.84 Å². The van der Waals surface area contributed by atoms with Gasteiger partial charge in [0.15, 0.2) is 9.84 Å². The van der Waals surface area contributed by atoms with Crippen LogP contribution < -0.4 is 11.1 Å². The number of halogens is 2. The van der Waals surface area contributed by atoms with E-state index in [-0.39, 0.29) is 21.3 Å². The highest BCUT2D eigenvalue weighted by Crippen LogP contribution is 2.30. The van der Waals surface area contributed by atoms with Crippen molar-refractivity contribution in [2.75, 3.05) is 17.3 Å². The van der Waals surface area contributed by atoms with Gasteiger partial charge in [-0.15, -0.1) is 0 Å². The van der Waals surface area contributed by atoms with Crippen molar-refractivity contribution in [2.45, 2.75) is 4.90 Å². The molecule has 0 aliphatic rings. The van der Waals surface area contributed by atoms with E-state index in [1.165, 1.54) is 24.3 Å². The van der Waals surface area contributed by atoms with E-state index in [9.17, 15) is 12.8 Å². The zero-order valence-corrected chi connectivity index (χ0v) is 12.1. The van der Waals surface area contributed by atoms with Crippen LogP contribution in [0.15, 0.2) is 41.3 Å². The minimum absolute atomic E-state index is 0.00290. The Balaban J connectivity index is 2.45. The number of rotatable bonds is 3. The van der Waals surface area contributed by atoms with Gasteiger partial charge in [0, 0.05) is 11.3 Å². The third-order valence-corrected chi connectivity index (χ3v) is 4.06. The molecule has 2 aromatic carbocycles. The van der Waals surface area contributed by atoms with Crippen molar-refractivity contribution in [1.29, 1.82) is 0 Å². The van der Waals surface area contributed by atoms with E-state index in [1.807, 2.05) is 0 Å². The van der Waals surface area contributed by atoms with Crippen molar-refractivity contribution in [3.8, 4) is 0 Å². The average molecular weight is 315 g/mol. The molecule has 0 atom stereocenters. The van der Waals surface area contributed by atoms with Crippen LogP contribution in [0.4, 0.5) is 21.5 Å². The van der Waals surface area contributed by atoms with Gasteiger partial charge in [-0.05, 0) is 30.3 Å². The van der Waals surface area contributed by atoms with Gasteiger partial charge in [0.2, 0.25) is 0 Å². The molecule has 4 nitrogen and oxygen atoms in total. The molecule has 0 aromatic heterocycles. The smallest absolute Gasteiger partial charge is 0.177 e. The van der Waals surface area contributed by atoms with Crippen molar-refractivity contribution >= 4 is 38.5 Å². The number of nitrogens with one attached hydrogen (secondary N) is 1. The topological polar surface area (TPSA) is 72.2 Å². The summed E-state index contributed by atoms with van der Waals surface area (Å²) in [6.07, 6.45) is 1.06. The van der Waals surface area contributed by atoms with Crippen LogP contribution in [-0.4, -0.2) is 14.7 Å². The third-order valence-electron chi connectivity index (χ3n) is 2.67. The fourth-order valence-electron chi connectivity index (χ4n) is 1.71. The number of nitrogen functional groups attached to an aromatic ring is 1. The number of hydrogen-bond acceptors (Lipinski definition) is 4. The first-order valence-electron chi connectivity index (χ1n) is 5.59. The normalized spacial score (nSPS) is 11.3. The van der Waals surface area contributed by atoms with Gasteiger partial charge >= 0.3 is 0 Å². The summed E-state index contributed by atoms with van der Waals surface area (Å²) in [6.45, 7) is 0. The van der Waals surface area contributed by atoms with E-state index in [0.29, 0.717) is 5.69 Å². The minimum atomic E-state index is -3.44. The van der Waals surface area contributed by atoms with Gasteiger partial charge in [-0.3, -0.25) is 0 Å². The molecule has 3 N–H and O–H groups in total. The van der Waals surface area contributed by atoms with Crippen molar-refractivity contribution in [3.63, 3.8) is 0 Å². The minimum Gasteiger partial charge on any atom is -0.396 e. The Kier molecular flexibility index (Phi) is 3.87. The van der Waals surface area contributed by atoms with Crippen LogP contribution in [0, 0.1) is 5.82 Å². The van der Waals surface area contributed by atoms with Gasteiger partial charge in [0.1, 0.15) is 5.82 Å². The Morgan fingerprint density at radius 3 is 2.50 bits per heavy atom. The lowest BCUT2D eigenvalue weighted by Crippen LogP contribution is -2.05. The quantitative estimate of drug-likeness (QED) is 0.853. The monoisotopic (exact) mass is 314 g/mol. The Labute approximate surface area is 121 Å². The van der Waals surface area contributed by atoms with Crippen LogP contribution in [0.25, 0.3) is 0 Å². The summed E-state index contributed by atoms with van der Waals surface area (Å²) in [5.74, 6) is -0.554. The molecule has 0 fully saturated rings. The highest BCUT2D eigenvalue weighted by atomic mass is 35.5. The lowest BCUT2D eigenvalue weighted by Gasteiger charge is -2.12. The Morgan fingerprint density at radius 2 is 1.90 bits per heavy atom. The van der Waals surface area contributed by atoms with Crippen molar-refractivity contribution in [3.05, 3.63) is 47.2 Å². The summed E-state index contributed by atoms with van der Waals surface area (Å²) in [7, 11) is -3.44. The number of sulfone groups is 1. The molecule has 0 spiro atoms. The highest BCUT2D eigenvalue weighted by Gasteiger charge is 2.15. The second kappa shape index (κ2) is 5.30. The van der Waals surface area contributed by atoms with Crippen LogP contribution in [0.5, 0.6) is 0 Å². The van der Waals surface area contributed by atoms with Gasteiger partial charge in [0.05, 0.1) is 22.0 Å². The molecular formula is C13H12ClFN2O2S. The Morgan fingerprint density at radius 1 is 1.20 bits per heavy atom. The molecule has 106 valence electrons. The molecule has 2 aromatic rings. The average Bonchev–Trinajstić information content (AvgIpc) is 2.33. The van der Waals surface area contributed by atoms with Gasteiger partial charge < -0.3 is 11.1 Å². The molecule has 7 heteroatoms. The van der Waals surface area contributed by atoms with Gasteiger partial charge in [0.25, 0.3) is 0 Å². The summed E-state index contributed by atoms with van der Waals surface area (Å²) in [5, 5.41) is 3.03. The molecule has 0 saturated carbocycles. The lowest BCUT2D eigenvalue weighted by molar-refractivity contribution is 0.602. The number of benzene rings is 2. The summed E-state index contributed by atoms with van der Waals surface area (Å²) < 4.78 is 36.8. The van der Waals surface area contributed by atoms with Gasteiger partial charge in [-0.2, -0.15) is 0 Å². The molecule has 20 heavy (non-hydrogen) atoms. The molecule has 0 amide bonds. The van der Waals surface area contributed by atoms with E-state index in [4.69, 9.17) is 17.3 Å². The predicted molar refractivity (Wildman–Crippen MR) is 78.7 cm³/mol. The summed E-state index contributed by atoms with van der Waals surface area (Å²) >= 11 is 5.66. The van der Waals surface area contributed by atoms with E-state index in [0.717, 1.165) is 12.3 Å². The van der Waals surface area contributed by atoms with Crippen LogP contribution in [0.2, 0.25) is 5.02 Å². The molecule has 0 bridgehead atoms. The van der Waals surface area contributed by atoms with Crippen molar-refractivity contribution < 1.29 is 12.8 Å². The summed E-state index contributed by atoms with van der Waals surface area (Å²) in [6, 6.07) is 8.61. The maximum absolute atomic E-state index is 13.7. The first kappa shape index (κ1) is 14.6. The van der Waals surface area contributed by atoms with E-state index in [1.54, 1.807) is 6.07 Å². The fraction of sp³-hybridized carbons (Fsp3) is 0.0769.